The molecule has 2 rings (SSSR count). The summed E-state index contributed by atoms with van der Waals surface area (Å²) in [6.07, 6.45) is 12.3. The third-order valence-electron chi connectivity index (χ3n) is 4.53. The molecule has 21 heavy (non-hydrogen) atoms. The van der Waals surface area contributed by atoms with Crippen LogP contribution in [-0.4, -0.2) is 4.98 Å². The number of rotatable bonds is 10. The lowest BCUT2D eigenvalue weighted by atomic mass is 9.93. The van der Waals surface area contributed by atoms with Gasteiger partial charge in [-0.25, -0.2) is 0 Å². The number of benzene rings is 1. The maximum Gasteiger partial charge on any atom is 0.0456 e. The van der Waals surface area contributed by atoms with Gasteiger partial charge < -0.3 is 4.98 Å². The highest BCUT2D eigenvalue weighted by molar-refractivity contribution is 5.80. The molecule has 1 heterocycles. The molecule has 1 heteroatoms. The quantitative estimate of drug-likeness (QED) is 0.462. The van der Waals surface area contributed by atoms with Gasteiger partial charge >= 0.3 is 0 Å². The van der Waals surface area contributed by atoms with Crippen molar-refractivity contribution in [1.29, 1.82) is 0 Å². The molecular weight excluding hydrogens is 254 g/mol. The van der Waals surface area contributed by atoms with Crippen molar-refractivity contribution in [3.8, 4) is 0 Å². The van der Waals surface area contributed by atoms with Gasteiger partial charge in [-0.1, -0.05) is 77.0 Å². The van der Waals surface area contributed by atoms with E-state index in [1.54, 1.807) is 0 Å². The number of aromatic amines is 1. The maximum atomic E-state index is 3.64. The monoisotopic (exact) mass is 285 g/mol. The number of para-hydroxylation sites is 1. The number of fused-ring (bicyclic) bond motifs is 1. The average molecular weight is 285 g/mol. The van der Waals surface area contributed by atoms with Crippen molar-refractivity contribution in [3.05, 3.63) is 36.0 Å². The maximum absolute atomic E-state index is 3.64. The molecule has 0 radical (unpaired) electrons. The third kappa shape index (κ3) is 4.91. The minimum absolute atomic E-state index is 0.716. The summed E-state index contributed by atoms with van der Waals surface area (Å²) in [5.41, 5.74) is 2.74. The Morgan fingerprint density at radius 2 is 1.62 bits per heavy atom. The van der Waals surface area contributed by atoms with E-state index >= 15 is 0 Å². The Bertz CT molecular complexity index is 478. The van der Waals surface area contributed by atoms with Crippen molar-refractivity contribution < 1.29 is 0 Å². The summed E-state index contributed by atoms with van der Waals surface area (Å²) < 4.78 is 0. The van der Waals surface area contributed by atoms with Crippen LogP contribution in [0.2, 0.25) is 0 Å². The van der Waals surface area contributed by atoms with Crippen molar-refractivity contribution in [2.24, 2.45) is 0 Å². The minimum Gasteiger partial charge on any atom is -0.358 e. The molecule has 0 bridgehead atoms. The Morgan fingerprint density at radius 1 is 0.857 bits per heavy atom. The molecule has 0 amide bonds. The summed E-state index contributed by atoms with van der Waals surface area (Å²) in [6.45, 7) is 4.59. The van der Waals surface area contributed by atoms with Crippen LogP contribution in [0.5, 0.6) is 0 Å². The first kappa shape index (κ1) is 16.1. The summed E-state index contributed by atoms with van der Waals surface area (Å²) in [7, 11) is 0. The van der Waals surface area contributed by atoms with Gasteiger partial charge in [0.15, 0.2) is 0 Å². The standard InChI is InChI=1S/C20H31N/c1-3-5-6-7-8-9-13-17(12-4-2)20-16-18-14-10-11-15-19(18)21-20/h10-11,14-17,21H,3-9,12-13H2,1-2H3. The van der Waals surface area contributed by atoms with Crippen LogP contribution in [-0.2, 0) is 0 Å². The molecule has 1 nitrogen and oxygen atoms in total. The van der Waals surface area contributed by atoms with Crippen molar-refractivity contribution in [3.63, 3.8) is 0 Å². The van der Waals surface area contributed by atoms with Gasteiger partial charge in [-0.05, 0) is 36.3 Å². The molecule has 1 N–H and O–H groups in total. The van der Waals surface area contributed by atoms with E-state index in [-0.39, 0.29) is 0 Å². The summed E-state index contributed by atoms with van der Waals surface area (Å²) in [5.74, 6) is 0.716. The first-order valence-electron chi connectivity index (χ1n) is 8.92. The second-order valence-electron chi connectivity index (χ2n) is 6.35. The smallest absolute Gasteiger partial charge is 0.0456 e. The van der Waals surface area contributed by atoms with Crippen LogP contribution < -0.4 is 0 Å². The zero-order valence-corrected chi connectivity index (χ0v) is 13.8. The first-order valence-corrected chi connectivity index (χ1v) is 8.92. The molecule has 1 unspecified atom stereocenters. The van der Waals surface area contributed by atoms with Crippen molar-refractivity contribution in [1.82, 2.24) is 4.98 Å². The highest BCUT2D eigenvalue weighted by Crippen LogP contribution is 2.29. The van der Waals surface area contributed by atoms with Crippen molar-refractivity contribution in [2.75, 3.05) is 0 Å². The zero-order chi connectivity index (χ0) is 14.9. The van der Waals surface area contributed by atoms with E-state index in [0.29, 0.717) is 5.92 Å². The van der Waals surface area contributed by atoms with Gasteiger partial charge in [0.25, 0.3) is 0 Å². The van der Waals surface area contributed by atoms with Gasteiger partial charge in [-0.15, -0.1) is 0 Å². The Labute approximate surface area is 130 Å². The van der Waals surface area contributed by atoms with E-state index in [4.69, 9.17) is 0 Å². The number of hydrogen-bond donors (Lipinski definition) is 1. The molecule has 0 aliphatic rings. The number of H-pyrrole nitrogens is 1. The van der Waals surface area contributed by atoms with Crippen molar-refractivity contribution in [2.45, 2.75) is 77.6 Å². The third-order valence-corrected chi connectivity index (χ3v) is 4.53. The molecule has 0 spiro atoms. The van der Waals surface area contributed by atoms with E-state index < -0.39 is 0 Å². The van der Waals surface area contributed by atoms with E-state index in [1.165, 1.54) is 74.4 Å². The van der Waals surface area contributed by atoms with Gasteiger partial charge in [-0.2, -0.15) is 0 Å². The van der Waals surface area contributed by atoms with Crippen LogP contribution in [0, 0.1) is 0 Å². The van der Waals surface area contributed by atoms with Crippen LogP contribution >= 0.6 is 0 Å². The molecule has 116 valence electrons. The number of unbranched alkanes of at least 4 members (excludes halogenated alkanes) is 5. The predicted octanol–water partition coefficient (Wildman–Crippen LogP) is 6.80. The highest BCUT2D eigenvalue weighted by atomic mass is 14.7. The van der Waals surface area contributed by atoms with E-state index in [2.05, 4.69) is 49.2 Å². The molecule has 0 aliphatic carbocycles. The van der Waals surface area contributed by atoms with Gasteiger partial charge in [-0.3, -0.25) is 0 Å². The van der Waals surface area contributed by atoms with Crippen LogP contribution in [0.4, 0.5) is 0 Å². The summed E-state index contributed by atoms with van der Waals surface area (Å²) in [6, 6.07) is 11.0. The summed E-state index contributed by atoms with van der Waals surface area (Å²) in [4.78, 5) is 3.64. The second kappa shape index (κ2) is 8.92. The van der Waals surface area contributed by atoms with Crippen LogP contribution in [0.15, 0.2) is 30.3 Å². The second-order valence-corrected chi connectivity index (χ2v) is 6.35. The molecule has 1 aromatic heterocycles. The van der Waals surface area contributed by atoms with Gasteiger partial charge in [0.05, 0.1) is 0 Å². The van der Waals surface area contributed by atoms with Gasteiger partial charge in [0.2, 0.25) is 0 Å². The fourth-order valence-corrected chi connectivity index (χ4v) is 3.29. The van der Waals surface area contributed by atoms with Crippen LogP contribution in [0.25, 0.3) is 10.9 Å². The fourth-order valence-electron chi connectivity index (χ4n) is 3.29. The van der Waals surface area contributed by atoms with Gasteiger partial charge in [0.1, 0.15) is 0 Å². The Morgan fingerprint density at radius 3 is 2.38 bits per heavy atom. The lowest BCUT2D eigenvalue weighted by molar-refractivity contribution is 0.506. The Balaban J connectivity index is 1.88. The summed E-state index contributed by atoms with van der Waals surface area (Å²) >= 11 is 0. The number of aromatic nitrogens is 1. The topological polar surface area (TPSA) is 15.8 Å². The average Bonchev–Trinajstić information content (AvgIpc) is 2.93. The molecule has 1 aromatic carbocycles. The SMILES string of the molecule is CCCCCCCCC(CCC)c1cc2ccccc2[nH]1. The largest absolute Gasteiger partial charge is 0.358 e. The number of nitrogens with one attached hydrogen (secondary N) is 1. The fraction of sp³-hybridized carbons (Fsp3) is 0.600. The predicted molar refractivity (Wildman–Crippen MR) is 93.9 cm³/mol. The van der Waals surface area contributed by atoms with E-state index in [1.807, 2.05) is 0 Å². The zero-order valence-electron chi connectivity index (χ0n) is 13.8. The molecule has 0 saturated heterocycles. The first-order chi connectivity index (χ1) is 10.3. The van der Waals surface area contributed by atoms with E-state index in [9.17, 15) is 0 Å². The highest BCUT2D eigenvalue weighted by Gasteiger charge is 2.13. The minimum atomic E-state index is 0.716. The lowest BCUT2D eigenvalue weighted by Gasteiger charge is -2.14. The van der Waals surface area contributed by atoms with Crippen LogP contribution in [0.1, 0.15) is 83.2 Å². The molecule has 0 fully saturated rings. The lowest BCUT2D eigenvalue weighted by Crippen LogP contribution is -1.99. The number of hydrogen-bond acceptors (Lipinski definition) is 0. The molecule has 1 atom stereocenters. The molecular formula is C20H31N. The van der Waals surface area contributed by atoms with Crippen LogP contribution in [0.3, 0.4) is 0 Å². The van der Waals surface area contributed by atoms with Crippen molar-refractivity contribution >= 4 is 10.9 Å². The molecule has 0 aliphatic heterocycles. The Kier molecular flexibility index (Phi) is 6.85. The van der Waals surface area contributed by atoms with E-state index in [0.717, 1.165) is 0 Å². The molecule has 2 aromatic rings. The Hall–Kier alpha value is -1.24. The normalized spacial score (nSPS) is 12.9. The molecule has 0 saturated carbocycles. The summed E-state index contributed by atoms with van der Waals surface area (Å²) in [5, 5.41) is 1.36. The van der Waals surface area contributed by atoms with Gasteiger partial charge in [0, 0.05) is 11.2 Å².